The predicted octanol–water partition coefficient (Wildman–Crippen LogP) is 2.26. The van der Waals surface area contributed by atoms with Crippen molar-refractivity contribution in [2.24, 2.45) is 5.92 Å². The molecule has 6 nitrogen and oxygen atoms in total. The largest absolute Gasteiger partial charge is 0.451 e. The van der Waals surface area contributed by atoms with E-state index in [-0.39, 0.29) is 18.6 Å². The summed E-state index contributed by atoms with van der Waals surface area (Å²) in [6.07, 6.45) is 4.43. The maximum absolute atomic E-state index is 12.2. The number of hydrogen-bond donors (Lipinski definition) is 1. The Hall–Kier alpha value is -1.44. The third-order valence-electron chi connectivity index (χ3n) is 4.91. The third kappa shape index (κ3) is 6.02. The van der Waals surface area contributed by atoms with Crippen molar-refractivity contribution in [3.63, 3.8) is 0 Å². The van der Waals surface area contributed by atoms with E-state index in [0.717, 1.165) is 32.5 Å². The zero-order chi connectivity index (χ0) is 19.2. The summed E-state index contributed by atoms with van der Waals surface area (Å²) in [6, 6.07) is 1.93. The van der Waals surface area contributed by atoms with Crippen LogP contribution in [0.2, 0.25) is 0 Å². The Labute approximate surface area is 165 Å². The van der Waals surface area contributed by atoms with Crippen LogP contribution >= 0.6 is 11.3 Å². The van der Waals surface area contributed by atoms with E-state index >= 15 is 0 Å². The number of rotatable bonds is 7. The molecule has 1 saturated heterocycles. The van der Waals surface area contributed by atoms with Gasteiger partial charge in [0.05, 0.1) is 12.7 Å². The second-order valence-corrected chi connectivity index (χ2v) is 8.93. The van der Waals surface area contributed by atoms with Crippen LogP contribution in [-0.4, -0.2) is 62.3 Å². The van der Waals surface area contributed by atoms with Crippen molar-refractivity contribution in [1.29, 1.82) is 0 Å². The Morgan fingerprint density at radius 2 is 2.19 bits per heavy atom. The molecule has 2 aliphatic rings. The Kier molecular flexibility index (Phi) is 7.26. The van der Waals surface area contributed by atoms with Gasteiger partial charge in [-0.25, -0.2) is 4.79 Å². The number of fused-ring (bicyclic) bond motifs is 1. The number of esters is 1. The summed E-state index contributed by atoms with van der Waals surface area (Å²) >= 11 is 1.50. The van der Waals surface area contributed by atoms with Gasteiger partial charge >= 0.3 is 5.97 Å². The number of thiophene rings is 1. The average molecular weight is 395 g/mol. The van der Waals surface area contributed by atoms with Gasteiger partial charge in [-0.2, -0.15) is 0 Å². The fraction of sp³-hybridized carbons (Fsp3) is 0.700. The van der Waals surface area contributed by atoms with E-state index in [1.807, 2.05) is 6.07 Å². The number of hydrogen-bond acceptors (Lipinski definition) is 6. The van der Waals surface area contributed by atoms with E-state index in [0.29, 0.717) is 23.9 Å². The lowest BCUT2D eigenvalue weighted by Crippen LogP contribution is -2.48. The minimum atomic E-state index is -0.401. The zero-order valence-corrected chi connectivity index (χ0v) is 17.1. The zero-order valence-electron chi connectivity index (χ0n) is 16.3. The third-order valence-corrected chi connectivity index (χ3v) is 6.12. The molecule has 2 heterocycles. The molecule has 0 spiro atoms. The maximum atomic E-state index is 12.2. The molecule has 1 fully saturated rings. The summed E-state index contributed by atoms with van der Waals surface area (Å²) in [5.41, 5.74) is 1.27. The second-order valence-electron chi connectivity index (χ2n) is 7.79. The number of ether oxygens (including phenoxy) is 2. The van der Waals surface area contributed by atoms with Crippen molar-refractivity contribution < 1.29 is 19.1 Å². The van der Waals surface area contributed by atoms with Crippen LogP contribution < -0.4 is 5.32 Å². The SMILES string of the molecule is CC(C)CN1CCO[C@H](CNC(=O)COC(=O)c2cc3c(s2)CCCC3)C1. The molecule has 7 heteroatoms. The molecule has 0 bridgehead atoms. The normalized spacial score (nSPS) is 20.3. The molecule has 0 aromatic carbocycles. The molecule has 1 N–H and O–H groups in total. The highest BCUT2D eigenvalue weighted by molar-refractivity contribution is 7.14. The van der Waals surface area contributed by atoms with Crippen LogP contribution in [0.25, 0.3) is 0 Å². The standard InChI is InChI=1S/C20H30N2O4S/c1-14(2)11-22-7-8-25-16(12-22)10-21-19(23)13-26-20(24)18-9-15-5-3-4-6-17(15)27-18/h9,14,16H,3-8,10-13H2,1-2H3,(H,21,23)/t16-/m1/s1. The number of morpholine rings is 1. The molecule has 1 aliphatic heterocycles. The Bertz CT molecular complexity index is 635. The van der Waals surface area contributed by atoms with Gasteiger partial charge in [-0.1, -0.05) is 13.8 Å². The molecule has 1 atom stereocenters. The Morgan fingerprint density at radius 3 is 2.96 bits per heavy atom. The summed E-state index contributed by atoms with van der Waals surface area (Å²) in [6.45, 7) is 8.07. The number of amides is 1. The van der Waals surface area contributed by atoms with Crippen LogP contribution in [0, 0.1) is 5.92 Å². The smallest absolute Gasteiger partial charge is 0.348 e. The molecular formula is C20H30N2O4S. The lowest BCUT2D eigenvalue weighted by atomic mass is 9.99. The molecule has 1 aliphatic carbocycles. The lowest BCUT2D eigenvalue weighted by molar-refractivity contribution is -0.125. The first-order chi connectivity index (χ1) is 13.0. The minimum absolute atomic E-state index is 0.0128. The van der Waals surface area contributed by atoms with Gasteiger partial charge in [-0.15, -0.1) is 11.3 Å². The van der Waals surface area contributed by atoms with Gasteiger partial charge in [0, 0.05) is 31.1 Å². The summed E-state index contributed by atoms with van der Waals surface area (Å²) in [7, 11) is 0. The number of aryl methyl sites for hydroxylation is 2. The first-order valence-corrected chi connectivity index (χ1v) is 10.7. The summed E-state index contributed by atoms with van der Waals surface area (Å²) in [5.74, 6) is -0.0727. The lowest BCUT2D eigenvalue weighted by Gasteiger charge is -2.33. The number of carbonyl (C=O) groups excluding carboxylic acids is 2. The number of nitrogens with zero attached hydrogens (tertiary/aromatic N) is 1. The summed E-state index contributed by atoms with van der Waals surface area (Å²) in [5, 5.41) is 2.82. The maximum Gasteiger partial charge on any atom is 0.348 e. The molecular weight excluding hydrogens is 364 g/mol. The van der Waals surface area contributed by atoms with Crippen molar-refractivity contribution in [3.05, 3.63) is 21.4 Å². The Morgan fingerprint density at radius 1 is 1.37 bits per heavy atom. The van der Waals surface area contributed by atoms with Gasteiger partial charge in [-0.05, 0) is 43.2 Å². The molecule has 27 heavy (non-hydrogen) atoms. The van der Waals surface area contributed by atoms with Crippen molar-refractivity contribution in [2.45, 2.75) is 45.6 Å². The molecule has 0 unspecified atom stereocenters. The highest BCUT2D eigenvalue weighted by Crippen LogP contribution is 2.29. The molecule has 1 amide bonds. The van der Waals surface area contributed by atoms with Gasteiger partial charge in [0.15, 0.2) is 6.61 Å². The monoisotopic (exact) mass is 394 g/mol. The highest BCUT2D eigenvalue weighted by atomic mass is 32.1. The highest BCUT2D eigenvalue weighted by Gasteiger charge is 2.22. The van der Waals surface area contributed by atoms with Crippen LogP contribution in [0.1, 0.15) is 46.8 Å². The van der Waals surface area contributed by atoms with Crippen LogP contribution in [0.15, 0.2) is 6.07 Å². The van der Waals surface area contributed by atoms with Gasteiger partial charge in [0.2, 0.25) is 0 Å². The van der Waals surface area contributed by atoms with Crippen molar-refractivity contribution in [1.82, 2.24) is 10.2 Å². The molecule has 1 aromatic rings. The Balaban J connectivity index is 1.38. The van der Waals surface area contributed by atoms with E-state index in [4.69, 9.17) is 9.47 Å². The molecule has 3 rings (SSSR count). The number of carbonyl (C=O) groups is 2. The average Bonchev–Trinajstić information content (AvgIpc) is 3.08. The van der Waals surface area contributed by atoms with Crippen LogP contribution in [0.5, 0.6) is 0 Å². The topological polar surface area (TPSA) is 67.9 Å². The van der Waals surface area contributed by atoms with E-state index in [9.17, 15) is 9.59 Å². The fourth-order valence-corrected chi connectivity index (χ4v) is 4.81. The number of nitrogens with one attached hydrogen (secondary N) is 1. The summed E-state index contributed by atoms with van der Waals surface area (Å²) < 4.78 is 10.9. The van der Waals surface area contributed by atoms with E-state index in [1.54, 1.807) is 0 Å². The van der Waals surface area contributed by atoms with Gasteiger partial charge in [-0.3, -0.25) is 9.69 Å². The summed E-state index contributed by atoms with van der Waals surface area (Å²) in [4.78, 5) is 28.5. The van der Waals surface area contributed by atoms with Crippen molar-refractivity contribution in [3.8, 4) is 0 Å². The predicted molar refractivity (Wildman–Crippen MR) is 105 cm³/mol. The van der Waals surface area contributed by atoms with E-state index in [2.05, 4.69) is 24.1 Å². The fourth-order valence-electron chi connectivity index (χ4n) is 3.66. The first-order valence-electron chi connectivity index (χ1n) is 9.90. The van der Waals surface area contributed by atoms with Crippen LogP contribution in [-0.2, 0) is 27.1 Å². The van der Waals surface area contributed by atoms with Gasteiger partial charge < -0.3 is 14.8 Å². The minimum Gasteiger partial charge on any atom is -0.451 e. The van der Waals surface area contributed by atoms with Crippen molar-refractivity contribution >= 4 is 23.2 Å². The second kappa shape index (κ2) is 9.66. The molecule has 0 saturated carbocycles. The van der Waals surface area contributed by atoms with E-state index < -0.39 is 5.97 Å². The van der Waals surface area contributed by atoms with Gasteiger partial charge in [0.25, 0.3) is 5.91 Å². The van der Waals surface area contributed by atoms with E-state index in [1.165, 1.54) is 34.6 Å². The molecule has 150 valence electrons. The molecule has 1 aromatic heterocycles. The quantitative estimate of drug-likeness (QED) is 0.719. The first kappa shape index (κ1) is 20.3. The van der Waals surface area contributed by atoms with Gasteiger partial charge in [0.1, 0.15) is 4.88 Å². The van der Waals surface area contributed by atoms with Crippen molar-refractivity contribution in [2.75, 3.05) is 39.4 Å². The van der Waals surface area contributed by atoms with Crippen LogP contribution in [0.3, 0.4) is 0 Å². The molecule has 0 radical (unpaired) electrons. The van der Waals surface area contributed by atoms with Crippen LogP contribution in [0.4, 0.5) is 0 Å².